The number of benzene rings is 1. The number of nitrogens with zero attached hydrogens (tertiary/aromatic N) is 2. The highest BCUT2D eigenvalue weighted by Crippen LogP contribution is 2.22. The van der Waals surface area contributed by atoms with E-state index in [0.29, 0.717) is 13.0 Å². The number of piperidine rings is 1. The largest absolute Gasteiger partial charge is 0.465 e. The monoisotopic (exact) mass is 350 g/mol. The third kappa shape index (κ3) is 5.35. The van der Waals surface area contributed by atoms with Gasteiger partial charge in [0.2, 0.25) is 0 Å². The molecule has 0 saturated carbocycles. The fraction of sp³-hybridized carbons (Fsp3) is 0.556. The molecule has 0 spiro atoms. The van der Waals surface area contributed by atoms with Crippen LogP contribution >= 0.6 is 0 Å². The van der Waals surface area contributed by atoms with Crippen LogP contribution in [0.1, 0.15) is 32.8 Å². The summed E-state index contributed by atoms with van der Waals surface area (Å²) in [6.45, 7) is 5.91. The van der Waals surface area contributed by atoms with E-state index in [-0.39, 0.29) is 13.1 Å². The molecule has 25 heavy (non-hydrogen) atoms. The second-order valence-corrected chi connectivity index (χ2v) is 7.25. The summed E-state index contributed by atoms with van der Waals surface area (Å²) in [6, 6.07) is 8.96. The van der Waals surface area contributed by atoms with Gasteiger partial charge in [0.1, 0.15) is 5.60 Å². The Bertz CT molecular complexity index is 599. The van der Waals surface area contributed by atoms with Crippen molar-refractivity contribution in [3.8, 4) is 0 Å². The Labute approximate surface area is 147 Å². The molecule has 0 radical (unpaired) electrons. The molecule has 1 heterocycles. The lowest BCUT2D eigenvalue weighted by Gasteiger charge is -2.41. The van der Waals surface area contributed by atoms with Gasteiger partial charge in [-0.25, -0.2) is 9.59 Å². The highest BCUT2D eigenvalue weighted by molar-refractivity contribution is 5.69. The Morgan fingerprint density at radius 1 is 1.28 bits per heavy atom. The highest BCUT2D eigenvalue weighted by Gasteiger charge is 2.37. The van der Waals surface area contributed by atoms with Crippen molar-refractivity contribution in [1.82, 2.24) is 9.80 Å². The maximum atomic E-state index is 12.7. The van der Waals surface area contributed by atoms with Crippen molar-refractivity contribution in [1.29, 1.82) is 0 Å². The van der Waals surface area contributed by atoms with E-state index >= 15 is 0 Å². The molecule has 2 N–H and O–H groups in total. The van der Waals surface area contributed by atoms with Crippen molar-refractivity contribution in [2.75, 3.05) is 13.1 Å². The fourth-order valence-corrected chi connectivity index (χ4v) is 2.87. The minimum Gasteiger partial charge on any atom is -0.465 e. The Balaban J connectivity index is 2.19. The van der Waals surface area contributed by atoms with Gasteiger partial charge in [0.05, 0.1) is 18.7 Å². The van der Waals surface area contributed by atoms with Crippen LogP contribution in [0.2, 0.25) is 0 Å². The van der Waals surface area contributed by atoms with E-state index in [4.69, 9.17) is 9.84 Å². The average Bonchev–Trinajstić information content (AvgIpc) is 2.52. The zero-order chi connectivity index (χ0) is 18.6. The molecule has 0 aromatic heterocycles. The van der Waals surface area contributed by atoms with E-state index in [2.05, 4.69) is 0 Å². The summed E-state index contributed by atoms with van der Waals surface area (Å²) in [5.41, 5.74) is 0.264. The maximum absolute atomic E-state index is 12.7. The summed E-state index contributed by atoms with van der Waals surface area (Å²) in [5.74, 6) is 0. The van der Waals surface area contributed by atoms with Crippen molar-refractivity contribution in [3.63, 3.8) is 0 Å². The number of hydrogen-bond donors (Lipinski definition) is 2. The smallest absolute Gasteiger partial charge is 0.410 e. The van der Waals surface area contributed by atoms with E-state index in [0.717, 1.165) is 10.5 Å². The van der Waals surface area contributed by atoms with Crippen LogP contribution in [0.25, 0.3) is 0 Å². The maximum Gasteiger partial charge on any atom is 0.410 e. The number of aliphatic hydroxyl groups is 1. The molecule has 7 nitrogen and oxygen atoms in total. The molecule has 1 aliphatic rings. The van der Waals surface area contributed by atoms with Gasteiger partial charge < -0.3 is 19.8 Å². The Kier molecular flexibility index (Phi) is 5.89. The predicted octanol–water partition coefficient (Wildman–Crippen LogP) is 2.54. The van der Waals surface area contributed by atoms with Crippen molar-refractivity contribution >= 4 is 12.2 Å². The topological polar surface area (TPSA) is 90.3 Å². The van der Waals surface area contributed by atoms with Gasteiger partial charge in [-0.15, -0.1) is 0 Å². The fourth-order valence-electron chi connectivity index (χ4n) is 2.87. The number of ether oxygens (including phenoxy) is 1. The van der Waals surface area contributed by atoms with Crippen LogP contribution in [0.15, 0.2) is 30.3 Å². The van der Waals surface area contributed by atoms with Crippen LogP contribution in [-0.2, 0) is 11.3 Å². The number of carboxylic acid groups (broad SMARTS) is 1. The molecule has 1 fully saturated rings. The van der Waals surface area contributed by atoms with Crippen molar-refractivity contribution in [2.24, 2.45) is 0 Å². The predicted molar refractivity (Wildman–Crippen MR) is 92.2 cm³/mol. The summed E-state index contributed by atoms with van der Waals surface area (Å²) in [7, 11) is 0. The van der Waals surface area contributed by atoms with E-state index in [9.17, 15) is 14.7 Å². The molecule has 0 aliphatic carbocycles. The third-order valence-corrected chi connectivity index (χ3v) is 4.04. The second kappa shape index (κ2) is 7.74. The minimum atomic E-state index is -1.07. The van der Waals surface area contributed by atoms with Gasteiger partial charge in [-0.1, -0.05) is 30.3 Å². The highest BCUT2D eigenvalue weighted by atomic mass is 16.6. The van der Waals surface area contributed by atoms with Gasteiger partial charge in [0.25, 0.3) is 0 Å². The van der Waals surface area contributed by atoms with Crippen molar-refractivity contribution < 1.29 is 24.5 Å². The molecular weight excluding hydrogens is 324 g/mol. The lowest BCUT2D eigenvalue weighted by Crippen LogP contribution is -2.57. The summed E-state index contributed by atoms with van der Waals surface area (Å²) in [6.07, 6.45) is -2.17. The van der Waals surface area contributed by atoms with Gasteiger partial charge in [-0.3, -0.25) is 4.90 Å². The number of carbonyl (C=O) groups excluding carboxylic acids is 1. The molecule has 2 rings (SSSR count). The molecule has 1 aromatic carbocycles. The summed E-state index contributed by atoms with van der Waals surface area (Å²) in [4.78, 5) is 26.5. The Morgan fingerprint density at radius 2 is 1.92 bits per heavy atom. The summed E-state index contributed by atoms with van der Waals surface area (Å²) >= 11 is 0. The number of hydrogen-bond acceptors (Lipinski definition) is 4. The average molecular weight is 350 g/mol. The van der Waals surface area contributed by atoms with Gasteiger partial charge in [-0.2, -0.15) is 0 Å². The summed E-state index contributed by atoms with van der Waals surface area (Å²) < 4.78 is 5.49. The van der Waals surface area contributed by atoms with E-state index in [1.807, 2.05) is 30.3 Å². The van der Waals surface area contributed by atoms with E-state index in [1.165, 1.54) is 4.90 Å². The standard InChI is InChI=1S/C18H26N2O5/c1-18(2,3)25-17(24)20(11-13-7-5-4-6-8-13)14-9-10-19(16(22)23)12-15(14)21/h4-8,14-15,21H,9-12H2,1-3H3,(H,22,23)/t14-,15-/m1/s1. The van der Waals surface area contributed by atoms with Crippen LogP contribution in [0.4, 0.5) is 9.59 Å². The van der Waals surface area contributed by atoms with Crippen LogP contribution in [0.3, 0.4) is 0 Å². The van der Waals surface area contributed by atoms with Crippen molar-refractivity contribution in [2.45, 2.75) is 51.5 Å². The lowest BCUT2D eigenvalue weighted by atomic mass is 10.00. The first-order valence-electron chi connectivity index (χ1n) is 8.37. The molecule has 0 bridgehead atoms. The van der Waals surface area contributed by atoms with E-state index < -0.39 is 29.9 Å². The Hall–Kier alpha value is -2.28. The molecule has 1 saturated heterocycles. The molecule has 138 valence electrons. The van der Waals surface area contributed by atoms with Crippen LogP contribution in [0, 0.1) is 0 Å². The molecule has 0 unspecified atom stereocenters. The molecule has 2 amide bonds. The van der Waals surface area contributed by atoms with Crippen molar-refractivity contribution in [3.05, 3.63) is 35.9 Å². The molecule has 2 atom stereocenters. The lowest BCUT2D eigenvalue weighted by molar-refractivity contribution is -0.0316. The minimum absolute atomic E-state index is 0.0198. The number of β-amino-alcohol motifs (C(OH)–C–C–N with tert-alkyl or cyclic N) is 1. The van der Waals surface area contributed by atoms with E-state index in [1.54, 1.807) is 20.8 Å². The van der Waals surface area contributed by atoms with Gasteiger partial charge >= 0.3 is 12.2 Å². The zero-order valence-corrected chi connectivity index (χ0v) is 14.9. The second-order valence-electron chi connectivity index (χ2n) is 7.25. The number of rotatable bonds is 3. The first-order chi connectivity index (χ1) is 11.7. The normalized spacial score (nSPS) is 20.9. The van der Waals surface area contributed by atoms with Gasteiger partial charge in [-0.05, 0) is 32.8 Å². The van der Waals surface area contributed by atoms with Gasteiger partial charge in [0, 0.05) is 13.1 Å². The third-order valence-electron chi connectivity index (χ3n) is 4.04. The summed E-state index contributed by atoms with van der Waals surface area (Å²) in [5, 5.41) is 19.5. The van der Waals surface area contributed by atoms with Gasteiger partial charge in [0.15, 0.2) is 0 Å². The molecule has 1 aromatic rings. The molecule has 7 heteroatoms. The SMILES string of the molecule is CC(C)(C)OC(=O)N(Cc1ccccc1)[C@@H]1CCN(C(=O)O)C[C@H]1O. The molecular formula is C18H26N2O5. The van der Waals surface area contributed by atoms with Crippen LogP contribution < -0.4 is 0 Å². The first-order valence-corrected chi connectivity index (χ1v) is 8.37. The quantitative estimate of drug-likeness (QED) is 0.874. The number of carbonyl (C=O) groups is 2. The Morgan fingerprint density at radius 3 is 2.44 bits per heavy atom. The zero-order valence-electron chi connectivity index (χ0n) is 14.9. The number of amides is 2. The van der Waals surface area contributed by atoms with Crippen LogP contribution in [-0.4, -0.2) is 63.0 Å². The van der Waals surface area contributed by atoms with Crippen LogP contribution in [0.5, 0.6) is 0 Å². The molecule has 1 aliphatic heterocycles. The first kappa shape index (κ1) is 19.1. The number of aliphatic hydroxyl groups excluding tert-OH is 1. The number of likely N-dealkylation sites (tertiary alicyclic amines) is 1.